The Morgan fingerprint density at radius 1 is 1.64 bits per heavy atom. The molecule has 14 heavy (non-hydrogen) atoms. The molecule has 1 aliphatic rings. The second kappa shape index (κ2) is 5.30. The lowest BCUT2D eigenvalue weighted by Gasteiger charge is -2.17. The van der Waals surface area contributed by atoms with Crippen LogP contribution in [0.2, 0.25) is 0 Å². The zero-order valence-electron chi connectivity index (χ0n) is 9.38. The van der Waals surface area contributed by atoms with E-state index in [-0.39, 0.29) is 18.5 Å². The third kappa shape index (κ3) is 3.62. The van der Waals surface area contributed by atoms with E-state index in [0.717, 1.165) is 30.8 Å². The molecule has 0 radical (unpaired) electrons. The summed E-state index contributed by atoms with van der Waals surface area (Å²) in [6, 6.07) is 0. The van der Waals surface area contributed by atoms with Crippen molar-refractivity contribution in [1.29, 1.82) is 0 Å². The molecule has 0 fully saturated rings. The molecule has 0 amide bonds. The molecule has 1 unspecified atom stereocenters. The van der Waals surface area contributed by atoms with Crippen LogP contribution in [0.1, 0.15) is 40.0 Å². The molecule has 2 nitrogen and oxygen atoms in total. The lowest BCUT2D eigenvalue weighted by molar-refractivity contribution is -0.121. The van der Waals surface area contributed by atoms with E-state index < -0.39 is 0 Å². The maximum atomic E-state index is 11.6. The molecule has 0 heterocycles. The molecule has 0 N–H and O–H groups in total. The van der Waals surface area contributed by atoms with Crippen LogP contribution < -0.4 is 0 Å². The smallest absolute Gasteiger partial charge is 0.184 e. The normalized spacial score (nSPS) is 22.3. The highest BCUT2D eigenvalue weighted by molar-refractivity contribution is 5.96. The van der Waals surface area contributed by atoms with E-state index in [0.29, 0.717) is 0 Å². The van der Waals surface area contributed by atoms with Crippen molar-refractivity contribution in [3.05, 3.63) is 11.6 Å². The first-order valence-electron chi connectivity index (χ1n) is 5.43. The summed E-state index contributed by atoms with van der Waals surface area (Å²) in [5.41, 5.74) is 0.976. The number of hydrogen-bond donors (Lipinski definition) is 0. The highest BCUT2D eigenvalue weighted by atomic mass is 16.5. The summed E-state index contributed by atoms with van der Waals surface area (Å²) >= 11 is 0. The number of rotatable bonds is 4. The number of carbonyl (C=O) groups excluding carboxylic acids is 1. The molecule has 0 aromatic rings. The van der Waals surface area contributed by atoms with Gasteiger partial charge in [-0.1, -0.05) is 13.0 Å². The molecule has 0 aliphatic heterocycles. The minimum absolute atomic E-state index is 0.141. The Balaban J connectivity index is 2.37. The monoisotopic (exact) mass is 196 g/mol. The molecule has 0 saturated carbocycles. The number of ketones is 1. The van der Waals surface area contributed by atoms with Gasteiger partial charge < -0.3 is 4.74 Å². The maximum Gasteiger partial charge on any atom is 0.184 e. The first-order chi connectivity index (χ1) is 6.59. The molecule has 0 spiro atoms. The van der Waals surface area contributed by atoms with Gasteiger partial charge in [0.15, 0.2) is 5.78 Å². The molecule has 80 valence electrons. The van der Waals surface area contributed by atoms with Gasteiger partial charge in [0.05, 0.1) is 6.10 Å². The van der Waals surface area contributed by atoms with Gasteiger partial charge >= 0.3 is 0 Å². The molecular formula is C12H20O2. The second-order valence-electron chi connectivity index (χ2n) is 4.39. The number of hydrogen-bond acceptors (Lipinski definition) is 2. The zero-order chi connectivity index (χ0) is 10.6. The summed E-state index contributed by atoms with van der Waals surface area (Å²) in [6.07, 6.45) is 5.34. The van der Waals surface area contributed by atoms with Crippen molar-refractivity contribution >= 4 is 5.78 Å². The van der Waals surface area contributed by atoms with Crippen molar-refractivity contribution in [2.45, 2.75) is 46.1 Å². The maximum absolute atomic E-state index is 11.6. The minimum Gasteiger partial charge on any atom is -0.371 e. The summed E-state index contributed by atoms with van der Waals surface area (Å²) in [7, 11) is 0. The molecule has 0 aromatic heterocycles. The molecule has 2 heteroatoms. The van der Waals surface area contributed by atoms with E-state index in [4.69, 9.17) is 4.74 Å². The zero-order valence-corrected chi connectivity index (χ0v) is 9.38. The predicted octanol–water partition coefficient (Wildman–Crippen LogP) is 2.73. The van der Waals surface area contributed by atoms with Crippen LogP contribution in [0.4, 0.5) is 0 Å². The third-order valence-electron chi connectivity index (χ3n) is 2.58. The summed E-state index contributed by atoms with van der Waals surface area (Å²) in [5, 5.41) is 0. The summed E-state index contributed by atoms with van der Waals surface area (Å²) in [5.74, 6) is 0.906. The Kier molecular flexibility index (Phi) is 4.33. The van der Waals surface area contributed by atoms with E-state index in [1.807, 2.05) is 13.8 Å². The fraction of sp³-hybridized carbons (Fsp3) is 0.750. The minimum atomic E-state index is 0.141. The van der Waals surface area contributed by atoms with Gasteiger partial charge in [0.1, 0.15) is 6.61 Å². The topological polar surface area (TPSA) is 26.3 Å². The standard InChI is InChI=1S/C12H20O2/c1-9(2)14-8-12(13)11-6-4-10(3)5-7-11/h6,9-10H,4-5,7-8H2,1-3H3. The average molecular weight is 196 g/mol. The largest absolute Gasteiger partial charge is 0.371 e. The Labute approximate surface area is 86.3 Å². The van der Waals surface area contributed by atoms with Crippen molar-refractivity contribution in [1.82, 2.24) is 0 Å². The van der Waals surface area contributed by atoms with Crippen LogP contribution in [0.3, 0.4) is 0 Å². The Morgan fingerprint density at radius 3 is 2.86 bits per heavy atom. The van der Waals surface area contributed by atoms with Crippen LogP contribution in [-0.2, 0) is 9.53 Å². The second-order valence-corrected chi connectivity index (χ2v) is 4.39. The van der Waals surface area contributed by atoms with E-state index in [9.17, 15) is 4.79 Å². The summed E-state index contributed by atoms with van der Waals surface area (Å²) in [4.78, 5) is 11.6. The molecule has 0 saturated heterocycles. The number of Topliss-reactive ketones (excluding diaryl/α,β-unsaturated/α-hetero) is 1. The number of ether oxygens (including phenoxy) is 1. The van der Waals surface area contributed by atoms with Crippen molar-refractivity contribution in [3.63, 3.8) is 0 Å². The van der Waals surface area contributed by atoms with Gasteiger partial charge in [0.2, 0.25) is 0 Å². The van der Waals surface area contributed by atoms with Crippen LogP contribution in [0.5, 0.6) is 0 Å². The van der Waals surface area contributed by atoms with Gasteiger partial charge in [0.25, 0.3) is 0 Å². The van der Waals surface area contributed by atoms with Crippen LogP contribution in [0.25, 0.3) is 0 Å². The van der Waals surface area contributed by atoms with Gasteiger partial charge in [0, 0.05) is 0 Å². The van der Waals surface area contributed by atoms with Crippen LogP contribution >= 0.6 is 0 Å². The van der Waals surface area contributed by atoms with E-state index in [1.165, 1.54) is 0 Å². The SMILES string of the molecule is CC1CC=C(C(=O)COC(C)C)CC1. The molecule has 1 rings (SSSR count). The fourth-order valence-electron chi connectivity index (χ4n) is 1.55. The van der Waals surface area contributed by atoms with Gasteiger partial charge in [-0.25, -0.2) is 0 Å². The van der Waals surface area contributed by atoms with Gasteiger partial charge in [-0.15, -0.1) is 0 Å². The molecular weight excluding hydrogens is 176 g/mol. The first-order valence-corrected chi connectivity index (χ1v) is 5.43. The summed E-state index contributed by atoms with van der Waals surface area (Å²) < 4.78 is 5.29. The van der Waals surface area contributed by atoms with Crippen LogP contribution in [0.15, 0.2) is 11.6 Å². The first kappa shape index (κ1) is 11.4. The lowest BCUT2D eigenvalue weighted by atomic mass is 9.89. The lowest BCUT2D eigenvalue weighted by Crippen LogP contribution is -2.17. The Hall–Kier alpha value is -0.630. The van der Waals surface area contributed by atoms with Gasteiger partial charge in [-0.05, 0) is 44.6 Å². The van der Waals surface area contributed by atoms with Crippen LogP contribution in [0, 0.1) is 5.92 Å². The average Bonchev–Trinajstić information content (AvgIpc) is 2.15. The quantitative estimate of drug-likeness (QED) is 0.691. The number of carbonyl (C=O) groups is 1. The highest BCUT2D eigenvalue weighted by Crippen LogP contribution is 2.23. The molecule has 0 aromatic carbocycles. The number of allylic oxidation sites excluding steroid dienone is 1. The van der Waals surface area contributed by atoms with Gasteiger partial charge in [-0.3, -0.25) is 4.79 Å². The van der Waals surface area contributed by atoms with Crippen molar-refractivity contribution in [3.8, 4) is 0 Å². The third-order valence-corrected chi connectivity index (χ3v) is 2.58. The van der Waals surface area contributed by atoms with Crippen molar-refractivity contribution in [2.75, 3.05) is 6.61 Å². The Bertz CT molecular complexity index is 228. The molecule has 0 bridgehead atoms. The van der Waals surface area contributed by atoms with Gasteiger partial charge in [-0.2, -0.15) is 0 Å². The van der Waals surface area contributed by atoms with Crippen molar-refractivity contribution in [2.24, 2.45) is 5.92 Å². The van der Waals surface area contributed by atoms with Crippen molar-refractivity contribution < 1.29 is 9.53 Å². The Morgan fingerprint density at radius 2 is 2.36 bits per heavy atom. The fourth-order valence-corrected chi connectivity index (χ4v) is 1.55. The highest BCUT2D eigenvalue weighted by Gasteiger charge is 2.16. The molecule has 1 atom stereocenters. The molecule has 1 aliphatic carbocycles. The van der Waals surface area contributed by atoms with E-state index in [2.05, 4.69) is 13.0 Å². The van der Waals surface area contributed by atoms with Crippen LogP contribution in [-0.4, -0.2) is 18.5 Å². The van der Waals surface area contributed by atoms with E-state index in [1.54, 1.807) is 0 Å². The predicted molar refractivity (Wildman–Crippen MR) is 57.2 cm³/mol. The summed E-state index contributed by atoms with van der Waals surface area (Å²) in [6.45, 7) is 6.37. The van der Waals surface area contributed by atoms with E-state index >= 15 is 0 Å².